The van der Waals surface area contributed by atoms with E-state index >= 15 is 0 Å². The number of hydrogen-bond acceptors (Lipinski definition) is 4. The lowest BCUT2D eigenvalue weighted by atomic mass is 9.75. The van der Waals surface area contributed by atoms with Gasteiger partial charge in [0.15, 0.2) is 0 Å². The molecule has 1 aliphatic heterocycles. The van der Waals surface area contributed by atoms with E-state index < -0.39 is 0 Å². The van der Waals surface area contributed by atoms with Crippen LogP contribution in [-0.4, -0.2) is 0 Å². The largest absolute Gasteiger partial charge is 0.456 e. The van der Waals surface area contributed by atoms with Crippen molar-refractivity contribution in [1.29, 1.82) is 0 Å². The van der Waals surface area contributed by atoms with E-state index in [9.17, 15) is 0 Å². The molecule has 3 aliphatic rings. The quantitative estimate of drug-likeness (QED) is 0.166. The van der Waals surface area contributed by atoms with Crippen molar-refractivity contribution >= 4 is 84.2 Å². The number of nitrogens with zero attached hydrogens (tertiary/aromatic N) is 2. The highest BCUT2D eigenvalue weighted by atomic mass is 32.2. The Morgan fingerprint density at radius 2 is 1.23 bits per heavy atom. The highest BCUT2D eigenvalue weighted by Crippen LogP contribution is 2.55. The normalized spacial score (nSPS) is 15.7. The highest BCUT2D eigenvalue weighted by Gasteiger charge is 2.43. The number of furan rings is 1. The summed E-state index contributed by atoms with van der Waals surface area (Å²) in [4.78, 5) is 7.34. The predicted octanol–water partition coefficient (Wildman–Crippen LogP) is 17.7. The van der Waals surface area contributed by atoms with E-state index in [0.717, 1.165) is 39.7 Å². The van der Waals surface area contributed by atoms with Gasteiger partial charge in [0, 0.05) is 43.0 Å². The maximum atomic E-state index is 6.12. The predicted molar refractivity (Wildman–Crippen MR) is 274 cm³/mol. The van der Waals surface area contributed by atoms with Crippen LogP contribution in [0.1, 0.15) is 31.4 Å². The molecule has 0 N–H and O–H groups in total. The topological polar surface area (TPSA) is 19.6 Å². The molecule has 0 saturated carbocycles. The molecule has 0 saturated heterocycles. The maximum absolute atomic E-state index is 6.12. The number of rotatable bonds is 6. The van der Waals surface area contributed by atoms with Gasteiger partial charge >= 0.3 is 0 Å². The van der Waals surface area contributed by atoms with Crippen LogP contribution in [0.25, 0.3) is 60.5 Å². The number of allylic oxidation sites excluding steroid dienone is 4. The number of hydrogen-bond donors (Lipinski definition) is 0. The van der Waals surface area contributed by atoms with E-state index in [0.29, 0.717) is 5.92 Å². The maximum Gasteiger partial charge on any atom is 0.135 e. The molecular formula is C61H44N2OS. The second kappa shape index (κ2) is 14.8. The van der Waals surface area contributed by atoms with Gasteiger partial charge in [-0.3, -0.25) is 0 Å². The molecule has 0 spiro atoms. The summed E-state index contributed by atoms with van der Waals surface area (Å²) in [5.74, 6) is 0.495. The minimum Gasteiger partial charge on any atom is -0.456 e. The molecule has 1 aromatic heterocycles. The first kappa shape index (κ1) is 38.0. The molecule has 310 valence electrons. The Morgan fingerprint density at radius 3 is 2.11 bits per heavy atom. The van der Waals surface area contributed by atoms with Gasteiger partial charge in [-0.25, -0.2) is 0 Å². The van der Waals surface area contributed by atoms with E-state index in [2.05, 4.69) is 224 Å². The van der Waals surface area contributed by atoms with Crippen molar-refractivity contribution in [2.24, 2.45) is 5.92 Å². The first-order chi connectivity index (χ1) is 32.0. The summed E-state index contributed by atoms with van der Waals surface area (Å²) in [7, 11) is 0. The van der Waals surface area contributed by atoms with Gasteiger partial charge in [-0.15, -0.1) is 0 Å². The van der Waals surface area contributed by atoms with Gasteiger partial charge in [-0.05, 0) is 147 Å². The fraction of sp³-hybridized carbons (Fsp3) is 0.0820. The first-order valence-corrected chi connectivity index (χ1v) is 23.4. The van der Waals surface area contributed by atoms with Crippen LogP contribution < -0.4 is 9.80 Å². The zero-order valence-corrected chi connectivity index (χ0v) is 37.0. The van der Waals surface area contributed by atoms with Crippen molar-refractivity contribution in [3.8, 4) is 22.3 Å². The summed E-state index contributed by atoms with van der Waals surface area (Å²) in [6.45, 7) is 4.85. The molecule has 0 radical (unpaired) electrons. The van der Waals surface area contributed by atoms with Crippen LogP contribution in [0.4, 0.5) is 34.1 Å². The number of fused-ring (bicyclic) bond motifs is 9. The van der Waals surface area contributed by atoms with E-state index in [1.54, 1.807) is 0 Å². The molecule has 3 nitrogen and oxygen atoms in total. The van der Waals surface area contributed by atoms with Crippen molar-refractivity contribution in [2.75, 3.05) is 9.80 Å². The Kier molecular flexibility index (Phi) is 8.63. The lowest BCUT2D eigenvalue weighted by Crippen LogP contribution is -2.24. The third kappa shape index (κ3) is 6.12. The fourth-order valence-corrected chi connectivity index (χ4v) is 11.9. The number of anilines is 6. The molecule has 10 aromatic rings. The van der Waals surface area contributed by atoms with Gasteiger partial charge in [0.05, 0.1) is 17.1 Å². The molecular weight excluding hydrogens is 809 g/mol. The molecule has 13 rings (SSSR count). The van der Waals surface area contributed by atoms with Crippen LogP contribution >= 0.6 is 11.8 Å². The Bertz CT molecular complexity index is 3590. The molecule has 2 heterocycles. The summed E-state index contributed by atoms with van der Waals surface area (Å²) in [6.07, 6.45) is 7.98. The molecule has 65 heavy (non-hydrogen) atoms. The van der Waals surface area contributed by atoms with Crippen molar-refractivity contribution in [2.45, 2.75) is 35.5 Å². The van der Waals surface area contributed by atoms with Crippen molar-refractivity contribution in [1.82, 2.24) is 0 Å². The Balaban J connectivity index is 0.854. The molecule has 0 fully saturated rings. The Labute approximate surface area is 383 Å². The Morgan fingerprint density at radius 1 is 0.554 bits per heavy atom. The first-order valence-electron chi connectivity index (χ1n) is 22.6. The lowest BCUT2D eigenvalue weighted by Gasteiger charge is -2.33. The summed E-state index contributed by atoms with van der Waals surface area (Å²) >= 11 is 1.85. The molecule has 0 amide bonds. The van der Waals surface area contributed by atoms with Crippen LogP contribution in [-0.2, 0) is 5.41 Å². The Hall–Kier alpha value is -7.53. The zero-order chi connectivity index (χ0) is 43.2. The molecule has 0 bridgehead atoms. The highest BCUT2D eigenvalue weighted by molar-refractivity contribution is 7.99. The van der Waals surface area contributed by atoms with Crippen LogP contribution in [0.15, 0.2) is 227 Å². The van der Waals surface area contributed by atoms with Gasteiger partial charge in [-0.2, -0.15) is 0 Å². The summed E-state index contributed by atoms with van der Waals surface area (Å²) in [6, 6.07) is 71.2. The number of benzene rings is 9. The average Bonchev–Trinajstić information content (AvgIpc) is 3.84. The minimum atomic E-state index is 0.0344. The van der Waals surface area contributed by atoms with Gasteiger partial charge in [0.1, 0.15) is 11.2 Å². The summed E-state index contributed by atoms with van der Waals surface area (Å²) in [5.41, 5.74) is 17.9. The second-order valence-electron chi connectivity index (χ2n) is 18.1. The minimum absolute atomic E-state index is 0.0344. The van der Waals surface area contributed by atoms with E-state index in [4.69, 9.17) is 4.42 Å². The van der Waals surface area contributed by atoms with Gasteiger partial charge < -0.3 is 14.2 Å². The van der Waals surface area contributed by atoms with Crippen LogP contribution in [0.5, 0.6) is 0 Å². The monoisotopic (exact) mass is 852 g/mol. The van der Waals surface area contributed by atoms with E-state index in [1.165, 1.54) is 82.3 Å². The van der Waals surface area contributed by atoms with Crippen molar-refractivity contribution in [3.05, 3.63) is 223 Å². The van der Waals surface area contributed by atoms with Gasteiger partial charge in [0.25, 0.3) is 0 Å². The third-order valence-corrected chi connectivity index (χ3v) is 15.2. The van der Waals surface area contributed by atoms with E-state index in [1.807, 2.05) is 23.9 Å². The molecule has 1 unspecified atom stereocenters. The van der Waals surface area contributed by atoms with Gasteiger partial charge in [-0.1, -0.05) is 153 Å². The van der Waals surface area contributed by atoms with E-state index in [-0.39, 0.29) is 5.41 Å². The molecule has 4 heteroatoms. The van der Waals surface area contributed by atoms with Crippen LogP contribution in [0.3, 0.4) is 0 Å². The molecule has 1 atom stereocenters. The molecule has 2 aliphatic carbocycles. The summed E-state index contributed by atoms with van der Waals surface area (Å²) in [5, 5.41) is 4.75. The SMILES string of the molecule is CC1(C)c2cc(N(c3ccc(-c4ccc5c(c4)Sc4ccccc4N5c4ccc(-c5ccc6oc7ccccc7c6c5)cc4)cc3)c3cccc4ccccc34)ccc2C2=CC=CCC21. The average molecular weight is 853 g/mol. The smallest absolute Gasteiger partial charge is 0.135 e. The second-order valence-corrected chi connectivity index (χ2v) is 19.2. The van der Waals surface area contributed by atoms with Gasteiger partial charge in [0.2, 0.25) is 0 Å². The molecule has 9 aromatic carbocycles. The fourth-order valence-electron chi connectivity index (χ4n) is 10.8. The summed E-state index contributed by atoms with van der Waals surface area (Å²) < 4.78 is 6.12. The lowest BCUT2D eigenvalue weighted by molar-refractivity contribution is 0.415. The third-order valence-electron chi connectivity index (χ3n) is 14.1. The van der Waals surface area contributed by atoms with Crippen molar-refractivity contribution in [3.63, 3.8) is 0 Å². The van der Waals surface area contributed by atoms with Crippen LogP contribution in [0, 0.1) is 5.92 Å². The van der Waals surface area contributed by atoms with Crippen LogP contribution in [0.2, 0.25) is 0 Å². The van der Waals surface area contributed by atoms with Crippen molar-refractivity contribution < 1.29 is 4.42 Å². The number of para-hydroxylation sites is 2. The standard InChI is InChI=1S/C61H44N2OS/c1-61(2)52-17-7-5-15-48(52)49-33-32-46(38-53(49)61)62(54-19-11-13-41-12-3-4-14-47(41)54)44-28-22-40(23-29-44)43-26-34-56-60(37-43)65-59-21-10-8-18-55(59)63(56)45-30-24-39(25-31-45)42-27-35-58-51(36-42)50-16-6-9-20-57(50)64-58/h3-16,18-38,52H,17H2,1-2H3. The zero-order valence-electron chi connectivity index (χ0n) is 36.2.